The summed E-state index contributed by atoms with van der Waals surface area (Å²) in [6.07, 6.45) is 1.73. The van der Waals surface area contributed by atoms with Crippen LogP contribution in [0.2, 0.25) is 0 Å². The molecule has 7 heteroatoms. The first-order valence-corrected chi connectivity index (χ1v) is 10.4. The molecule has 0 aliphatic heterocycles. The van der Waals surface area contributed by atoms with Crippen LogP contribution >= 0.6 is 0 Å². The Kier molecular flexibility index (Phi) is 7.38. The first-order valence-electron chi connectivity index (χ1n) is 8.99. The minimum atomic E-state index is -3.54. The molecule has 0 saturated carbocycles. The maximum Gasteiger partial charge on any atom is 0.255 e. The summed E-state index contributed by atoms with van der Waals surface area (Å²) in [5.41, 5.74) is 1.03. The molecule has 0 fully saturated rings. The second kappa shape index (κ2) is 9.53. The number of nitrogens with one attached hydrogen (secondary N) is 1. The molecule has 6 nitrogen and oxygen atoms in total. The van der Waals surface area contributed by atoms with Crippen LogP contribution in [0.15, 0.2) is 53.4 Å². The van der Waals surface area contributed by atoms with Gasteiger partial charge in [-0.3, -0.25) is 4.79 Å². The molecule has 1 N–H and O–H groups in total. The average Bonchev–Trinajstić information content (AvgIpc) is 2.67. The van der Waals surface area contributed by atoms with Crippen molar-refractivity contribution in [2.75, 3.05) is 25.5 Å². The summed E-state index contributed by atoms with van der Waals surface area (Å²) >= 11 is 0. The van der Waals surface area contributed by atoms with E-state index < -0.39 is 10.0 Å². The highest BCUT2D eigenvalue weighted by molar-refractivity contribution is 7.89. The minimum Gasteiger partial charge on any atom is -0.494 e. The van der Waals surface area contributed by atoms with Gasteiger partial charge >= 0.3 is 0 Å². The maximum absolute atomic E-state index is 12.5. The van der Waals surface area contributed by atoms with Gasteiger partial charge in [0.05, 0.1) is 11.5 Å². The van der Waals surface area contributed by atoms with Crippen LogP contribution in [0.1, 0.15) is 37.0 Å². The van der Waals surface area contributed by atoms with Crippen LogP contribution in [0.3, 0.4) is 0 Å². The minimum absolute atomic E-state index is 0.179. The van der Waals surface area contributed by atoms with E-state index in [4.69, 9.17) is 4.74 Å². The van der Waals surface area contributed by atoms with Crippen molar-refractivity contribution in [2.24, 2.45) is 0 Å². The third kappa shape index (κ3) is 5.55. The number of nitrogens with zero attached hydrogens (tertiary/aromatic N) is 1. The lowest BCUT2D eigenvalue weighted by Crippen LogP contribution is -2.28. The molecular formula is C20H26N2O4S. The number of ether oxygens (including phenoxy) is 1. The molecule has 0 atom stereocenters. The molecule has 0 aliphatic carbocycles. The van der Waals surface area contributed by atoms with Gasteiger partial charge in [-0.15, -0.1) is 0 Å². The Balaban J connectivity index is 2.06. The SMILES string of the molecule is CCCCN(C)S(=O)(=O)c1ccc(C(=O)Nc2ccc(OCC)cc2)cc1. The Morgan fingerprint density at radius 2 is 1.67 bits per heavy atom. The third-order valence-corrected chi connectivity index (χ3v) is 5.95. The van der Waals surface area contributed by atoms with Gasteiger partial charge in [0.1, 0.15) is 5.75 Å². The summed E-state index contributed by atoms with van der Waals surface area (Å²) in [5, 5.41) is 2.78. The van der Waals surface area contributed by atoms with Gasteiger partial charge in [0.2, 0.25) is 10.0 Å². The lowest BCUT2D eigenvalue weighted by atomic mass is 10.2. The average molecular weight is 391 g/mol. The first-order chi connectivity index (χ1) is 12.9. The summed E-state index contributed by atoms with van der Waals surface area (Å²) < 4.78 is 31.7. The van der Waals surface area contributed by atoms with E-state index in [-0.39, 0.29) is 10.8 Å². The normalized spacial score (nSPS) is 11.4. The summed E-state index contributed by atoms with van der Waals surface area (Å²) in [4.78, 5) is 12.5. The standard InChI is InChI=1S/C20H26N2O4S/c1-4-6-15-22(3)27(24,25)19-13-7-16(8-14-19)20(23)21-17-9-11-18(12-10-17)26-5-2/h7-14H,4-6,15H2,1-3H3,(H,21,23). The van der Waals surface area contributed by atoms with Crippen LogP contribution in [-0.4, -0.2) is 38.8 Å². The van der Waals surface area contributed by atoms with Crippen molar-refractivity contribution in [2.45, 2.75) is 31.6 Å². The van der Waals surface area contributed by atoms with Crippen LogP contribution in [0.5, 0.6) is 5.75 Å². The van der Waals surface area contributed by atoms with Crippen LogP contribution in [-0.2, 0) is 10.0 Å². The highest BCUT2D eigenvalue weighted by Crippen LogP contribution is 2.18. The summed E-state index contributed by atoms with van der Waals surface area (Å²) in [7, 11) is -1.97. The molecular weight excluding hydrogens is 364 g/mol. The predicted molar refractivity (Wildman–Crippen MR) is 107 cm³/mol. The van der Waals surface area contributed by atoms with Crippen molar-refractivity contribution in [1.82, 2.24) is 4.31 Å². The number of amides is 1. The van der Waals surface area contributed by atoms with Gasteiger partial charge in [0.15, 0.2) is 0 Å². The van der Waals surface area contributed by atoms with Crippen LogP contribution in [0, 0.1) is 0 Å². The van der Waals surface area contributed by atoms with E-state index >= 15 is 0 Å². The van der Waals surface area contributed by atoms with E-state index in [0.29, 0.717) is 24.4 Å². The number of hydrogen-bond donors (Lipinski definition) is 1. The molecule has 0 radical (unpaired) electrons. The second-order valence-corrected chi connectivity index (χ2v) is 8.16. The van der Waals surface area contributed by atoms with Gasteiger partial charge in [0, 0.05) is 24.8 Å². The fourth-order valence-electron chi connectivity index (χ4n) is 2.46. The number of rotatable bonds is 9. The van der Waals surface area contributed by atoms with Gasteiger partial charge in [-0.25, -0.2) is 12.7 Å². The molecule has 0 bridgehead atoms. The Bertz CT molecular complexity index is 847. The molecule has 0 unspecified atom stereocenters. The van der Waals surface area contributed by atoms with E-state index in [1.807, 2.05) is 13.8 Å². The highest BCUT2D eigenvalue weighted by Gasteiger charge is 2.20. The van der Waals surface area contributed by atoms with E-state index in [9.17, 15) is 13.2 Å². The molecule has 2 rings (SSSR count). The molecule has 0 heterocycles. The molecule has 0 saturated heterocycles. The molecule has 2 aromatic carbocycles. The van der Waals surface area contributed by atoms with Gasteiger partial charge in [-0.2, -0.15) is 0 Å². The number of hydrogen-bond acceptors (Lipinski definition) is 4. The topological polar surface area (TPSA) is 75.7 Å². The quantitative estimate of drug-likeness (QED) is 0.707. The van der Waals surface area contributed by atoms with E-state index in [2.05, 4.69) is 5.32 Å². The van der Waals surface area contributed by atoms with Crippen molar-refractivity contribution in [3.05, 3.63) is 54.1 Å². The molecule has 0 aromatic heterocycles. The van der Waals surface area contributed by atoms with E-state index in [1.54, 1.807) is 31.3 Å². The lowest BCUT2D eigenvalue weighted by Gasteiger charge is -2.17. The maximum atomic E-state index is 12.5. The van der Waals surface area contributed by atoms with Crippen molar-refractivity contribution in [1.29, 1.82) is 0 Å². The van der Waals surface area contributed by atoms with Crippen molar-refractivity contribution >= 4 is 21.6 Å². The number of carbonyl (C=O) groups is 1. The fraction of sp³-hybridized carbons (Fsp3) is 0.350. The molecule has 146 valence electrons. The van der Waals surface area contributed by atoms with Crippen molar-refractivity contribution in [3.8, 4) is 5.75 Å². The Morgan fingerprint density at radius 1 is 1.04 bits per heavy atom. The smallest absolute Gasteiger partial charge is 0.255 e. The van der Waals surface area contributed by atoms with Crippen molar-refractivity contribution in [3.63, 3.8) is 0 Å². The predicted octanol–water partition coefficient (Wildman–Crippen LogP) is 3.76. The Morgan fingerprint density at radius 3 is 2.22 bits per heavy atom. The van der Waals surface area contributed by atoms with Crippen LogP contribution < -0.4 is 10.1 Å². The van der Waals surface area contributed by atoms with E-state index in [1.165, 1.54) is 28.6 Å². The number of sulfonamides is 1. The lowest BCUT2D eigenvalue weighted by molar-refractivity contribution is 0.102. The van der Waals surface area contributed by atoms with Crippen LogP contribution in [0.4, 0.5) is 5.69 Å². The summed E-state index contributed by atoms with van der Waals surface area (Å²) in [6.45, 7) is 4.97. The highest BCUT2D eigenvalue weighted by atomic mass is 32.2. The zero-order valence-electron chi connectivity index (χ0n) is 15.9. The molecule has 2 aromatic rings. The summed E-state index contributed by atoms with van der Waals surface area (Å²) in [6, 6.07) is 13.0. The molecule has 27 heavy (non-hydrogen) atoms. The zero-order chi connectivity index (χ0) is 19.9. The molecule has 0 spiro atoms. The zero-order valence-corrected chi connectivity index (χ0v) is 16.8. The number of unbranched alkanes of at least 4 members (excludes halogenated alkanes) is 1. The number of anilines is 1. The van der Waals surface area contributed by atoms with Gasteiger partial charge in [-0.1, -0.05) is 13.3 Å². The van der Waals surface area contributed by atoms with Gasteiger partial charge in [-0.05, 0) is 61.9 Å². The molecule has 0 aliphatic rings. The number of carbonyl (C=O) groups excluding carboxylic acids is 1. The first kappa shape index (κ1) is 20.9. The third-order valence-electron chi connectivity index (χ3n) is 4.07. The fourth-order valence-corrected chi connectivity index (χ4v) is 3.67. The summed E-state index contributed by atoms with van der Waals surface area (Å²) in [5.74, 6) is 0.430. The van der Waals surface area contributed by atoms with Gasteiger partial charge in [0.25, 0.3) is 5.91 Å². The largest absolute Gasteiger partial charge is 0.494 e. The van der Waals surface area contributed by atoms with Crippen molar-refractivity contribution < 1.29 is 17.9 Å². The van der Waals surface area contributed by atoms with E-state index in [0.717, 1.165) is 18.6 Å². The van der Waals surface area contributed by atoms with Crippen LogP contribution in [0.25, 0.3) is 0 Å². The van der Waals surface area contributed by atoms with Gasteiger partial charge < -0.3 is 10.1 Å². The Labute approximate surface area is 161 Å². The molecule has 1 amide bonds. The monoisotopic (exact) mass is 390 g/mol. The Hall–Kier alpha value is -2.38. The number of benzene rings is 2. The second-order valence-electron chi connectivity index (χ2n) is 6.12.